The Kier molecular flexibility index (Phi) is 5.73. The summed E-state index contributed by atoms with van der Waals surface area (Å²) < 4.78 is 5.56. The van der Waals surface area contributed by atoms with Gasteiger partial charge < -0.3 is 15.2 Å². The van der Waals surface area contributed by atoms with Crippen LogP contribution in [-0.2, 0) is 4.74 Å². The molecule has 1 aromatic carbocycles. The van der Waals surface area contributed by atoms with Crippen LogP contribution in [0.15, 0.2) is 23.1 Å². The normalized spacial score (nSPS) is 14.2. The smallest absolute Gasteiger partial charge is 0.338 e. The standard InChI is InChI=1S/C15H21NO3S/c1-20-13-5-2-4-12(14(13)15(17)18)16-8-3-9-19-10-11-6-7-11/h2,4-5,11,16H,3,6-10H2,1H3,(H,17,18). The van der Waals surface area contributed by atoms with E-state index in [1.807, 2.05) is 24.5 Å². The third-order valence-electron chi connectivity index (χ3n) is 3.29. The second kappa shape index (κ2) is 7.55. The number of ether oxygens (including phenoxy) is 1. The zero-order valence-corrected chi connectivity index (χ0v) is 12.5. The van der Waals surface area contributed by atoms with E-state index < -0.39 is 5.97 Å². The van der Waals surface area contributed by atoms with Gasteiger partial charge in [-0.25, -0.2) is 4.79 Å². The molecule has 1 aliphatic carbocycles. The van der Waals surface area contributed by atoms with Gasteiger partial charge in [-0.3, -0.25) is 0 Å². The van der Waals surface area contributed by atoms with Crippen LogP contribution in [-0.4, -0.2) is 37.1 Å². The molecule has 1 aliphatic rings. The number of nitrogens with one attached hydrogen (secondary N) is 1. The fourth-order valence-corrected chi connectivity index (χ4v) is 2.62. The topological polar surface area (TPSA) is 58.6 Å². The Morgan fingerprint density at radius 1 is 1.50 bits per heavy atom. The number of hydrogen-bond donors (Lipinski definition) is 2. The molecule has 0 saturated heterocycles. The Morgan fingerprint density at radius 2 is 2.30 bits per heavy atom. The van der Waals surface area contributed by atoms with Crippen LogP contribution >= 0.6 is 11.8 Å². The molecule has 0 aromatic heterocycles. The summed E-state index contributed by atoms with van der Waals surface area (Å²) in [6.07, 6.45) is 5.38. The van der Waals surface area contributed by atoms with Crippen LogP contribution in [0.25, 0.3) is 0 Å². The summed E-state index contributed by atoms with van der Waals surface area (Å²) >= 11 is 1.45. The molecule has 4 nitrogen and oxygen atoms in total. The van der Waals surface area contributed by atoms with Gasteiger partial charge >= 0.3 is 5.97 Å². The van der Waals surface area contributed by atoms with E-state index in [1.165, 1.54) is 24.6 Å². The van der Waals surface area contributed by atoms with Gasteiger partial charge in [-0.15, -0.1) is 11.8 Å². The van der Waals surface area contributed by atoms with Gasteiger partial charge in [0.05, 0.1) is 5.56 Å². The Morgan fingerprint density at radius 3 is 2.95 bits per heavy atom. The minimum Gasteiger partial charge on any atom is -0.478 e. The second-order valence-electron chi connectivity index (χ2n) is 4.99. The van der Waals surface area contributed by atoms with Crippen molar-refractivity contribution < 1.29 is 14.6 Å². The lowest BCUT2D eigenvalue weighted by Gasteiger charge is -2.12. The minimum atomic E-state index is -0.887. The number of aromatic carboxylic acids is 1. The molecule has 0 heterocycles. The molecule has 1 aromatic rings. The first kappa shape index (κ1) is 15.2. The molecule has 20 heavy (non-hydrogen) atoms. The Hall–Kier alpha value is -1.20. The summed E-state index contributed by atoms with van der Waals surface area (Å²) in [5.74, 6) is -0.0951. The highest BCUT2D eigenvalue weighted by atomic mass is 32.2. The molecule has 2 rings (SSSR count). The average Bonchev–Trinajstić information content (AvgIpc) is 3.26. The van der Waals surface area contributed by atoms with E-state index >= 15 is 0 Å². The first-order valence-corrected chi connectivity index (χ1v) is 8.16. The highest BCUT2D eigenvalue weighted by molar-refractivity contribution is 7.98. The number of hydrogen-bond acceptors (Lipinski definition) is 4. The highest BCUT2D eigenvalue weighted by Gasteiger charge is 2.20. The lowest BCUT2D eigenvalue weighted by atomic mass is 10.1. The minimum absolute atomic E-state index is 0.360. The fraction of sp³-hybridized carbons (Fsp3) is 0.533. The Bertz CT molecular complexity index is 460. The summed E-state index contributed by atoms with van der Waals surface area (Å²) in [6.45, 7) is 2.33. The van der Waals surface area contributed by atoms with E-state index in [0.29, 0.717) is 11.3 Å². The monoisotopic (exact) mass is 295 g/mol. The van der Waals surface area contributed by atoms with Gasteiger partial charge in [-0.1, -0.05) is 6.07 Å². The molecular weight excluding hydrogens is 274 g/mol. The third kappa shape index (κ3) is 4.42. The van der Waals surface area contributed by atoms with Crippen molar-refractivity contribution in [3.63, 3.8) is 0 Å². The van der Waals surface area contributed by atoms with Crippen LogP contribution in [0.3, 0.4) is 0 Å². The third-order valence-corrected chi connectivity index (χ3v) is 4.07. The van der Waals surface area contributed by atoms with Crippen molar-refractivity contribution in [2.45, 2.75) is 24.2 Å². The largest absolute Gasteiger partial charge is 0.478 e. The molecule has 1 saturated carbocycles. The zero-order chi connectivity index (χ0) is 14.4. The van der Waals surface area contributed by atoms with E-state index in [9.17, 15) is 9.90 Å². The molecule has 110 valence electrons. The van der Waals surface area contributed by atoms with Gasteiger partial charge in [-0.05, 0) is 43.6 Å². The molecule has 0 spiro atoms. The summed E-state index contributed by atoms with van der Waals surface area (Å²) in [7, 11) is 0. The van der Waals surface area contributed by atoms with E-state index in [2.05, 4.69) is 5.32 Å². The van der Waals surface area contributed by atoms with E-state index in [1.54, 1.807) is 0 Å². The van der Waals surface area contributed by atoms with Crippen molar-refractivity contribution in [2.75, 3.05) is 31.3 Å². The van der Waals surface area contributed by atoms with Gasteiger partial charge in [-0.2, -0.15) is 0 Å². The summed E-state index contributed by atoms with van der Waals surface area (Å²) in [5.41, 5.74) is 1.05. The summed E-state index contributed by atoms with van der Waals surface area (Å²) in [6, 6.07) is 5.52. The molecule has 2 N–H and O–H groups in total. The maximum atomic E-state index is 11.3. The van der Waals surface area contributed by atoms with Crippen LogP contribution in [0.2, 0.25) is 0 Å². The molecule has 0 atom stereocenters. The quantitative estimate of drug-likeness (QED) is 0.540. The Balaban J connectivity index is 1.80. The highest BCUT2D eigenvalue weighted by Crippen LogP contribution is 2.29. The lowest BCUT2D eigenvalue weighted by Crippen LogP contribution is -2.11. The molecule has 0 amide bonds. The van der Waals surface area contributed by atoms with Crippen LogP contribution in [0.4, 0.5) is 5.69 Å². The first-order valence-electron chi connectivity index (χ1n) is 6.94. The molecule has 0 bridgehead atoms. The van der Waals surface area contributed by atoms with Gasteiger partial charge in [0.25, 0.3) is 0 Å². The van der Waals surface area contributed by atoms with Crippen molar-refractivity contribution in [3.05, 3.63) is 23.8 Å². The average molecular weight is 295 g/mol. The van der Waals surface area contributed by atoms with Crippen molar-refractivity contribution in [3.8, 4) is 0 Å². The number of carbonyl (C=O) groups is 1. The van der Waals surface area contributed by atoms with E-state index in [-0.39, 0.29) is 0 Å². The van der Waals surface area contributed by atoms with Crippen molar-refractivity contribution in [1.82, 2.24) is 0 Å². The van der Waals surface area contributed by atoms with Gasteiger partial charge in [0.2, 0.25) is 0 Å². The molecule has 5 heteroatoms. The van der Waals surface area contributed by atoms with Crippen molar-refractivity contribution in [1.29, 1.82) is 0 Å². The Labute approximate surface area is 123 Å². The van der Waals surface area contributed by atoms with Crippen molar-refractivity contribution in [2.24, 2.45) is 5.92 Å². The molecule has 0 radical (unpaired) electrons. The van der Waals surface area contributed by atoms with Gasteiger partial charge in [0.1, 0.15) is 0 Å². The fourth-order valence-electron chi connectivity index (χ4n) is 2.00. The second-order valence-corrected chi connectivity index (χ2v) is 5.83. The summed E-state index contributed by atoms with van der Waals surface area (Å²) in [4.78, 5) is 12.1. The predicted octanol–water partition coefficient (Wildman–Crippen LogP) is 3.34. The van der Waals surface area contributed by atoms with E-state index in [0.717, 1.165) is 37.0 Å². The van der Waals surface area contributed by atoms with Gasteiger partial charge in [0.15, 0.2) is 0 Å². The molecular formula is C15H21NO3S. The number of benzene rings is 1. The van der Waals surface area contributed by atoms with Crippen molar-refractivity contribution >= 4 is 23.4 Å². The van der Waals surface area contributed by atoms with E-state index in [4.69, 9.17) is 4.74 Å². The molecule has 1 fully saturated rings. The molecule has 0 aliphatic heterocycles. The van der Waals surface area contributed by atoms with Gasteiger partial charge in [0, 0.05) is 30.3 Å². The van der Waals surface area contributed by atoms with Crippen LogP contribution in [0.5, 0.6) is 0 Å². The lowest BCUT2D eigenvalue weighted by molar-refractivity contribution is 0.0694. The summed E-state index contributed by atoms with van der Waals surface area (Å²) in [5, 5.41) is 12.5. The maximum Gasteiger partial charge on any atom is 0.338 e. The predicted molar refractivity (Wildman–Crippen MR) is 81.8 cm³/mol. The van der Waals surface area contributed by atoms with Crippen LogP contribution in [0.1, 0.15) is 29.6 Å². The van der Waals surface area contributed by atoms with Crippen LogP contribution < -0.4 is 5.32 Å². The molecule has 0 unspecified atom stereocenters. The maximum absolute atomic E-state index is 11.3. The number of thioether (sulfide) groups is 1. The number of rotatable bonds is 9. The number of carboxylic acids is 1. The number of carboxylic acid groups (broad SMARTS) is 1. The SMILES string of the molecule is CSc1cccc(NCCCOCC2CC2)c1C(=O)O. The number of anilines is 1. The van der Waals surface area contributed by atoms with Crippen LogP contribution in [0, 0.1) is 5.92 Å². The zero-order valence-electron chi connectivity index (χ0n) is 11.7. The first-order chi connectivity index (χ1) is 9.72.